The lowest BCUT2D eigenvalue weighted by Crippen LogP contribution is -2.27. The van der Waals surface area contributed by atoms with Crippen LogP contribution in [-0.2, 0) is 0 Å². The Labute approximate surface area is 333 Å². The zero-order valence-corrected chi connectivity index (χ0v) is 33.0. The van der Waals surface area contributed by atoms with Crippen molar-refractivity contribution in [2.75, 3.05) is 89.2 Å². The minimum atomic E-state index is 0.539. The predicted octanol–water partition coefficient (Wildman–Crippen LogP) is 10.8. The molecule has 4 rings (SSSR count). The summed E-state index contributed by atoms with van der Waals surface area (Å²) in [6, 6.07) is 27.0. The molecule has 0 saturated carbocycles. The van der Waals surface area contributed by atoms with Gasteiger partial charge in [-0.3, -0.25) is 0 Å². The number of halogens is 6. The third kappa shape index (κ3) is 13.5. The van der Waals surface area contributed by atoms with Crippen LogP contribution in [0.3, 0.4) is 0 Å². The molecule has 1 heterocycles. The summed E-state index contributed by atoms with van der Waals surface area (Å²) in [5.41, 5.74) is 7.99. The molecule has 5 nitrogen and oxygen atoms in total. The van der Waals surface area contributed by atoms with Gasteiger partial charge in [-0.2, -0.15) is 0 Å². The Balaban J connectivity index is 1.59. The maximum Gasteiger partial charge on any atom is 0.153 e. The van der Waals surface area contributed by atoms with Gasteiger partial charge in [0.1, 0.15) is 0 Å². The van der Waals surface area contributed by atoms with Crippen molar-refractivity contribution in [1.82, 2.24) is 9.97 Å². The number of rotatable bonds is 21. The van der Waals surface area contributed by atoms with Crippen molar-refractivity contribution in [1.29, 1.82) is 0 Å². The van der Waals surface area contributed by atoms with E-state index in [4.69, 9.17) is 79.6 Å². The van der Waals surface area contributed by atoms with Crippen LogP contribution in [0.5, 0.6) is 0 Å². The third-order valence-electron chi connectivity index (χ3n) is 8.00. The van der Waals surface area contributed by atoms with Crippen molar-refractivity contribution < 1.29 is 0 Å². The molecule has 4 aromatic rings. The van der Waals surface area contributed by atoms with Gasteiger partial charge in [-0.15, -0.1) is 69.6 Å². The summed E-state index contributed by atoms with van der Waals surface area (Å²) < 4.78 is 0. The maximum absolute atomic E-state index is 6.01. The smallest absolute Gasteiger partial charge is 0.153 e. The molecule has 0 aliphatic carbocycles. The Morgan fingerprint density at radius 3 is 0.922 bits per heavy atom. The summed E-state index contributed by atoms with van der Waals surface area (Å²) in [5, 5.41) is 0. The number of hydrogen-bond acceptors (Lipinski definition) is 5. The summed E-state index contributed by atoms with van der Waals surface area (Å²) in [4.78, 5) is 16.2. The first-order valence-corrected chi connectivity index (χ1v) is 20.0. The van der Waals surface area contributed by atoms with E-state index in [0.29, 0.717) is 41.1 Å². The van der Waals surface area contributed by atoms with Gasteiger partial charge in [0, 0.05) is 91.6 Å². The highest BCUT2D eigenvalue weighted by Crippen LogP contribution is 2.21. The number of nitrogens with zero attached hydrogens (tertiary/aromatic N) is 5. The van der Waals surface area contributed by atoms with Gasteiger partial charge in [-0.1, -0.05) is 54.6 Å². The van der Waals surface area contributed by atoms with Crippen molar-refractivity contribution in [2.45, 2.75) is 0 Å². The van der Waals surface area contributed by atoms with Crippen molar-refractivity contribution in [3.05, 3.63) is 113 Å². The summed E-state index contributed by atoms with van der Waals surface area (Å²) in [6.45, 7) is 4.45. The van der Waals surface area contributed by atoms with E-state index in [0.717, 1.165) is 84.4 Å². The Bertz CT molecular complexity index is 1450. The number of alkyl halides is 6. The fraction of sp³-hybridized carbons (Fsp3) is 0.300. The topological polar surface area (TPSA) is 35.5 Å². The van der Waals surface area contributed by atoms with Gasteiger partial charge in [0.25, 0.3) is 0 Å². The molecular weight excluding hydrogens is 763 g/mol. The van der Waals surface area contributed by atoms with Gasteiger partial charge >= 0.3 is 0 Å². The van der Waals surface area contributed by atoms with Crippen LogP contribution in [0.1, 0.15) is 33.9 Å². The van der Waals surface area contributed by atoms with E-state index in [9.17, 15) is 0 Å². The first kappa shape index (κ1) is 40.9. The standard InChI is InChI=1S/C40H43Cl6N5/c41-19-25-49(26-20-42)37-12-3-32(4-13-37)1-10-35-31-36(11-2-33-5-14-38(15-6-33)50(27-21-43)28-22-44)48-40(47-35)18-9-34-7-16-39(17-8-34)51(29-23-45)30-24-46/h1-18,31H,19-30H2/b10-1-,11-2-,18-9-. The zero-order chi connectivity index (χ0) is 36.3. The second-order valence-electron chi connectivity index (χ2n) is 11.4. The molecule has 0 amide bonds. The fourth-order valence-corrected chi connectivity index (χ4v) is 6.62. The van der Waals surface area contributed by atoms with Crippen LogP contribution < -0.4 is 14.7 Å². The van der Waals surface area contributed by atoms with E-state index in [1.54, 1.807) is 0 Å². The molecule has 3 aromatic carbocycles. The monoisotopic (exact) mass is 803 g/mol. The molecule has 0 saturated heterocycles. The molecule has 11 heteroatoms. The second-order valence-corrected chi connectivity index (χ2v) is 13.7. The fourth-order valence-electron chi connectivity index (χ4n) is 5.40. The minimum absolute atomic E-state index is 0.539. The van der Waals surface area contributed by atoms with Crippen molar-refractivity contribution >= 4 is 123 Å². The first-order valence-electron chi connectivity index (χ1n) is 16.8. The quantitative estimate of drug-likeness (QED) is 0.0784. The van der Waals surface area contributed by atoms with Crippen LogP contribution in [-0.4, -0.2) is 84.5 Å². The van der Waals surface area contributed by atoms with E-state index in [1.807, 2.05) is 30.4 Å². The van der Waals surface area contributed by atoms with Gasteiger partial charge in [0.2, 0.25) is 0 Å². The van der Waals surface area contributed by atoms with Gasteiger partial charge in [0.15, 0.2) is 5.82 Å². The number of benzene rings is 3. The molecule has 0 aliphatic rings. The number of anilines is 3. The van der Waals surface area contributed by atoms with Crippen molar-refractivity contribution in [3.63, 3.8) is 0 Å². The van der Waals surface area contributed by atoms with E-state index >= 15 is 0 Å². The molecule has 0 radical (unpaired) electrons. The van der Waals surface area contributed by atoms with Crippen LogP contribution in [0.25, 0.3) is 36.5 Å². The zero-order valence-electron chi connectivity index (χ0n) is 28.5. The van der Waals surface area contributed by atoms with E-state index in [-0.39, 0.29) is 0 Å². The Kier molecular flexibility index (Phi) is 18.4. The molecule has 0 aliphatic heterocycles. The summed E-state index contributed by atoms with van der Waals surface area (Å²) in [7, 11) is 0. The van der Waals surface area contributed by atoms with Crippen molar-refractivity contribution in [2.24, 2.45) is 0 Å². The van der Waals surface area contributed by atoms with Gasteiger partial charge in [-0.25, -0.2) is 9.97 Å². The Morgan fingerprint density at radius 1 is 0.373 bits per heavy atom. The van der Waals surface area contributed by atoms with E-state index in [1.165, 1.54) is 0 Å². The molecule has 0 fully saturated rings. The average molecular weight is 807 g/mol. The lowest BCUT2D eigenvalue weighted by molar-refractivity contribution is 0.874. The average Bonchev–Trinajstić information content (AvgIpc) is 3.16. The lowest BCUT2D eigenvalue weighted by Gasteiger charge is -2.22. The summed E-state index contributed by atoms with van der Waals surface area (Å²) in [6.07, 6.45) is 12.1. The van der Waals surface area contributed by atoms with Crippen LogP contribution in [0, 0.1) is 0 Å². The second kappa shape index (κ2) is 22.9. The predicted molar refractivity (Wildman–Crippen MR) is 229 cm³/mol. The first-order chi connectivity index (χ1) is 25.0. The number of aromatic nitrogens is 2. The van der Waals surface area contributed by atoms with E-state index in [2.05, 4.69) is 99.6 Å². The van der Waals surface area contributed by atoms with E-state index < -0.39 is 0 Å². The Hall–Kier alpha value is -2.90. The van der Waals surface area contributed by atoms with Gasteiger partial charge in [0.05, 0.1) is 11.4 Å². The molecule has 0 unspecified atom stereocenters. The van der Waals surface area contributed by atoms with Crippen LogP contribution in [0.2, 0.25) is 0 Å². The summed E-state index contributed by atoms with van der Waals surface area (Å²) >= 11 is 36.1. The normalized spacial score (nSPS) is 11.6. The molecule has 0 N–H and O–H groups in total. The van der Waals surface area contributed by atoms with Crippen LogP contribution in [0.4, 0.5) is 17.1 Å². The summed E-state index contributed by atoms with van der Waals surface area (Å²) in [5.74, 6) is 3.85. The number of hydrogen-bond donors (Lipinski definition) is 0. The molecule has 0 spiro atoms. The van der Waals surface area contributed by atoms with Crippen molar-refractivity contribution in [3.8, 4) is 0 Å². The van der Waals surface area contributed by atoms with Crippen LogP contribution in [0.15, 0.2) is 78.9 Å². The van der Waals surface area contributed by atoms with Crippen LogP contribution >= 0.6 is 69.6 Å². The SMILES string of the molecule is ClCCN(CCCl)c1ccc(/C=C\c2cc(/C=C\c3ccc(N(CCCl)CCCl)cc3)nc(/C=C\c3ccc(N(CCCl)CCCl)cc3)n2)cc1. The largest absolute Gasteiger partial charge is 0.369 e. The highest BCUT2D eigenvalue weighted by Gasteiger charge is 2.08. The minimum Gasteiger partial charge on any atom is -0.369 e. The highest BCUT2D eigenvalue weighted by atomic mass is 35.5. The Morgan fingerprint density at radius 2 is 0.647 bits per heavy atom. The molecular formula is C40H43Cl6N5. The molecule has 1 aromatic heterocycles. The maximum atomic E-state index is 6.01. The molecule has 270 valence electrons. The molecule has 51 heavy (non-hydrogen) atoms. The lowest BCUT2D eigenvalue weighted by atomic mass is 10.1. The van der Waals surface area contributed by atoms with Gasteiger partial charge < -0.3 is 14.7 Å². The third-order valence-corrected chi connectivity index (χ3v) is 9.02. The molecule has 0 atom stereocenters. The highest BCUT2D eigenvalue weighted by molar-refractivity contribution is 6.19. The molecule has 0 bridgehead atoms. The van der Waals surface area contributed by atoms with Gasteiger partial charge in [-0.05, 0) is 77.4 Å².